The lowest BCUT2D eigenvalue weighted by Crippen LogP contribution is -2.06. The van der Waals surface area contributed by atoms with Crippen LogP contribution in [-0.2, 0) is 7.05 Å². The van der Waals surface area contributed by atoms with E-state index in [0.29, 0.717) is 11.3 Å². The molecule has 1 atom stereocenters. The van der Waals surface area contributed by atoms with Crippen molar-refractivity contribution in [3.05, 3.63) is 52.3 Å². The number of nitrogens with zero attached hydrogens (tertiary/aromatic N) is 2. The Morgan fingerprint density at radius 2 is 1.94 bits per heavy atom. The second kappa shape index (κ2) is 4.49. The van der Waals surface area contributed by atoms with E-state index >= 15 is 0 Å². The molecule has 18 heavy (non-hydrogen) atoms. The average molecular weight is 252 g/mol. The Morgan fingerprint density at radius 3 is 2.50 bits per heavy atom. The lowest BCUT2D eigenvalue weighted by atomic mass is 9.99. The zero-order valence-corrected chi connectivity index (χ0v) is 10.4. The van der Waals surface area contributed by atoms with Gasteiger partial charge in [-0.05, 0) is 19.9 Å². The van der Waals surface area contributed by atoms with E-state index in [1.54, 1.807) is 25.6 Å². The number of hydrogen-bond acceptors (Lipinski definition) is 2. The molecule has 96 valence electrons. The van der Waals surface area contributed by atoms with Gasteiger partial charge in [0.05, 0.1) is 5.69 Å². The Bertz CT molecular complexity index is 593. The van der Waals surface area contributed by atoms with Crippen molar-refractivity contribution in [2.45, 2.75) is 20.0 Å². The molecule has 2 aromatic rings. The topological polar surface area (TPSA) is 38.0 Å². The van der Waals surface area contributed by atoms with Crippen LogP contribution in [0, 0.1) is 25.5 Å². The number of aliphatic hydroxyl groups is 1. The van der Waals surface area contributed by atoms with Gasteiger partial charge in [-0.1, -0.05) is 12.1 Å². The summed E-state index contributed by atoms with van der Waals surface area (Å²) < 4.78 is 28.4. The first kappa shape index (κ1) is 12.7. The molecular formula is C13H14F2N2O. The second-order valence-corrected chi connectivity index (χ2v) is 4.25. The smallest absolute Gasteiger partial charge is 0.164 e. The predicted molar refractivity (Wildman–Crippen MR) is 63.1 cm³/mol. The standard InChI is InChI=1S/C13H14F2N2O/c1-7-11(8(2)17(3)16-7)13(18)9-5-4-6-10(14)12(9)15/h4-6,13,18H,1-3H3. The highest BCUT2D eigenvalue weighted by atomic mass is 19.2. The molecule has 1 unspecified atom stereocenters. The number of benzene rings is 1. The summed E-state index contributed by atoms with van der Waals surface area (Å²) in [5.74, 6) is -1.99. The molecule has 2 rings (SSSR count). The maximum Gasteiger partial charge on any atom is 0.164 e. The summed E-state index contributed by atoms with van der Waals surface area (Å²) in [5.41, 5.74) is 1.77. The van der Waals surface area contributed by atoms with Gasteiger partial charge in [0, 0.05) is 23.9 Å². The van der Waals surface area contributed by atoms with E-state index in [-0.39, 0.29) is 5.56 Å². The number of rotatable bonds is 2. The Labute approximate surface area is 104 Å². The number of hydrogen-bond donors (Lipinski definition) is 1. The summed E-state index contributed by atoms with van der Waals surface area (Å²) in [6.07, 6.45) is -1.21. The first-order valence-electron chi connectivity index (χ1n) is 5.55. The van der Waals surface area contributed by atoms with E-state index in [4.69, 9.17) is 0 Å². The van der Waals surface area contributed by atoms with Crippen molar-refractivity contribution in [1.82, 2.24) is 9.78 Å². The molecule has 0 radical (unpaired) electrons. The summed E-state index contributed by atoms with van der Waals surface area (Å²) in [5, 5.41) is 14.4. The number of aliphatic hydroxyl groups excluding tert-OH is 1. The fourth-order valence-electron chi connectivity index (χ4n) is 2.07. The van der Waals surface area contributed by atoms with Gasteiger partial charge in [0.1, 0.15) is 6.10 Å². The van der Waals surface area contributed by atoms with Crippen molar-refractivity contribution in [3.63, 3.8) is 0 Å². The number of aryl methyl sites for hydroxylation is 2. The zero-order chi connectivity index (χ0) is 13.4. The normalized spacial score (nSPS) is 12.8. The van der Waals surface area contributed by atoms with Crippen LogP contribution in [0.25, 0.3) is 0 Å². The van der Waals surface area contributed by atoms with Crippen LogP contribution in [0.1, 0.15) is 28.6 Å². The number of aromatic nitrogens is 2. The van der Waals surface area contributed by atoms with Crippen LogP contribution in [0.3, 0.4) is 0 Å². The van der Waals surface area contributed by atoms with Gasteiger partial charge in [-0.2, -0.15) is 5.10 Å². The van der Waals surface area contributed by atoms with Gasteiger partial charge in [0.25, 0.3) is 0 Å². The molecule has 0 aliphatic rings. The SMILES string of the molecule is Cc1nn(C)c(C)c1C(O)c1cccc(F)c1F. The molecule has 0 amide bonds. The Morgan fingerprint density at radius 1 is 1.28 bits per heavy atom. The van der Waals surface area contributed by atoms with Crippen LogP contribution in [0.2, 0.25) is 0 Å². The van der Waals surface area contributed by atoms with E-state index in [1.165, 1.54) is 12.1 Å². The summed E-state index contributed by atoms with van der Waals surface area (Å²) in [7, 11) is 1.74. The van der Waals surface area contributed by atoms with Gasteiger partial charge in [0.15, 0.2) is 11.6 Å². The van der Waals surface area contributed by atoms with Gasteiger partial charge in [-0.25, -0.2) is 8.78 Å². The Kier molecular flexibility index (Phi) is 3.17. The summed E-state index contributed by atoms with van der Waals surface area (Å²) in [6.45, 7) is 3.50. The van der Waals surface area contributed by atoms with Gasteiger partial charge < -0.3 is 5.11 Å². The average Bonchev–Trinajstić information content (AvgIpc) is 2.56. The van der Waals surface area contributed by atoms with Crippen molar-refractivity contribution in [2.24, 2.45) is 7.05 Å². The Balaban J connectivity index is 2.54. The van der Waals surface area contributed by atoms with Crippen LogP contribution in [0.15, 0.2) is 18.2 Å². The molecule has 0 fully saturated rings. The zero-order valence-electron chi connectivity index (χ0n) is 10.4. The molecule has 0 aliphatic heterocycles. The molecule has 0 bridgehead atoms. The molecule has 5 heteroatoms. The van der Waals surface area contributed by atoms with E-state index in [0.717, 1.165) is 11.8 Å². The molecule has 0 aliphatic carbocycles. The monoisotopic (exact) mass is 252 g/mol. The van der Waals surface area contributed by atoms with Gasteiger partial charge in [-0.15, -0.1) is 0 Å². The summed E-state index contributed by atoms with van der Waals surface area (Å²) in [6, 6.07) is 3.77. The third kappa shape index (κ3) is 1.90. The highest BCUT2D eigenvalue weighted by molar-refractivity contribution is 5.36. The van der Waals surface area contributed by atoms with E-state index in [1.807, 2.05) is 0 Å². The molecule has 1 heterocycles. The third-order valence-corrected chi connectivity index (χ3v) is 3.11. The van der Waals surface area contributed by atoms with Crippen LogP contribution < -0.4 is 0 Å². The molecule has 1 aromatic heterocycles. The minimum atomic E-state index is -1.21. The van der Waals surface area contributed by atoms with Crippen molar-refractivity contribution in [3.8, 4) is 0 Å². The van der Waals surface area contributed by atoms with Crippen molar-refractivity contribution in [1.29, 1.82) is 0 Å². The van der Waals surface area contributed by atoms with Crippen LogP contribution >= 0.6 is 0 Å². The van der Waals surface area contributed by atoms with Gasteiger partial charge >= 0.3 is 0 Å². The minimum absolute atomic E-state index is 0.0748. The molecule has 3 nitrogen and oxygen atoms in total. The highest BCUT2D eigenvalue weighted by Gasteiger charge is 2.23. The predicted octanol–water partition coefficient (Wildman–Crippen LogP) is 2.40. The van der Waals surface area contributed by atoms with Crippen molar-refractivity contribution >= 4 is 0 Å². The van der Waals surface area contributed by atoms with E-state index in [2.05, 4.69) is 5.10 Å². The number of halogens is 2. The molecule has 1 aromatic carbocycles. The molecular weight excluding hydrogens is 238 g/mol. The fraction of sp³-hybridized carbons (Fsp3) is 0.308. The van der Waals surface area contributed by atoms with Crippen LogP contribution in [0.5, 0.6) is 0 Å². The van der Waals surface area contributed by atoms with Crippen LogP contribution in [0.4, 0.5) is 8.78 Å². The molecule has 0 spiro atoms. The second-order valence-electron chi connectivity index (χ2n) is 4.25. The maximum absolute atomic E-state index is 13.6. The molecule has 0 saturated heterocycles. The van der Waals surface area contributed by atoms with E-state index < -0.39 is 17.7 Å². The van der Waals surface area contributed by atoms with Crippen molar-refractivity contribution < 1.29 is 13.9 Å². The summed E-state index contributed by atoms with van der Waals surface area (Å²) >= 11 is 0. The molecule has 1 N–H and O–H groups in total. The summed E-state index contributed by atoms with van der Waals surface area (Å²) in [4.78, 5) is 0. The molecule has 0 saturated carbocycles. The third-order valence-electron chi connectivity index (χ3n) is 3.11. The lowest BCUT2D eigenvalue weighted by Gasteiger charge is -2.13. The van der Waals surface area contributed by atoms with Gasteiger partial charge in [0.2, 0.25) is 0 Å². The Hall–Kier alpha value is -1.75. The minimum Gasteiger partial charge on any atom is -0.383 e. The largest absolute Gasteiger partial charge is 0.383 e. The van der Waals surface area contributed by atoms with Crippen LogP contribution in [-0.4, -0.2) is 14.9 Å². The fourth-order valence-corrected chi connectivity index (χ4v) is 2.07. The maximum atomic E-state index is 13.6. The first-order chi connectivity index (χ1) is 8.43. The first-order valence-corrected chi connectivity index (χ1v) is 5.55. The van der Waals surface area contributed by atoms with E-state index in [9.17, 15) is 13.9 Å². The lowest BCUT2D eigenvalue weighted by molar-refractivity contribution is 0.211. The van der Waals surface area contributed by atoms with Gasteiger partial charge in [-0.3, -0.25) is 4.68 Å². The highest BCUT2D eigenvalue weighted by Crippen LogP contribution is 2.29. The quantitative estimate of drug-likeness (QED) is 0.891. The van der Waals surface area contributed by atoms with Crippen molar-refractivity contribution in [2.75, 3.05) is 0 Å².